The standard InChI is InChI=1S/C58H37NO2/c1-2-11-41-35-46(23-22-38(41)10-1)45-15-8-14-44(36-45)43-13-7-12-42(34-43)39-24-29-48(30-25-39)59(54-19-9-18-52-50-16-3-6-21-56(50)61-58(52)54)49-31-26-40(27-32-49)47-28-33-57-53(37-47)51-17-4-5-20-55(51)60-57/h1-37H. The molecule has 2 aromatic heterocycles. The minimum atomic E-state index is 0.854. The van der Waals surface area contributed by atoms with Crippen molar-refractivity contribution in [2.24, 2.45) is 0 Å². The van der Waals surface area contributed by atoms with Gasteiger partial charge in [0.1, 0.15) is 16.7 Å². The smallest absolute Gasteiger partial charge is 0.159 e. The molecule has 0 radical (unpaired) electrons. The fraction of sp³-hybridized carbons (Fsp3) is 0. The van der Waals surface area contributed by atoms with Gasteiger partial charge in [0.15, 0.2) is 5.58 Å². The van der Waals surface area contributed by atoms with Crippen LogP contribution in [0.4, 0.5) is 17.1 Å². The highest BCUT2D eigenvalue weighted by molar-refractivity contribution is 6.10. The van der Waals surface area contributed by atoms with E-state index in [0.29, 0.717) is 0 Å². The molecule has 0 atom stereocenters. The van der Waals surface area contributed by atoms with E-state index in [2.05, 4.69) is 205 Å². The Kier molecular flexibility index (Phi) is 8.17. The van der Waals surface area contributed by atoms with E-state index in [9.17, 15) is 0 Å². The van der Waals surface area contributed by atoms with Crippen LogP contribution in [0, 0.1) is 0 Å². The van der Waals surface area contributed by atoms with Crippen LogP contribution in [-0.2, 0) is 0 Å². The van der Waals surface area contributed by atoms with E-state index in [0.717, 1.165) is 83.2 Å². The summed E-state index contributed by atoms with van der Waals surface area (Å²) >= 11 is 0. The largest absolute Gasteiger partial charge is 0.456 e. The third-order valence-electron chi connectivity index (χ3n) is 12.1. The van der Waals surface area contributed by atoms with E-state index >= 15 is 0 Å². The predicted molar refractivity (Wildman–Crippen MR) is 255 cm³/mol. The Morgan fingerprint density at radius 2 is 0.721 bits per heavy atom. The zero-order valence-electron chi connectivity index (χ0n) is 33.1. The van der Waals surface area contributed by atoms with Gasteiger partial charge in [0.25, 0.3) is 0 Å². The molecule has 12 rings (SSSR count). The average molecular weight is 780 g/mol. The molecule has 0 saturated heterocycles. The van der Waals surface area contributed by atoms with Gasteiger partial charge in [-0.25, -0.2) is 0 Å². The van der Waals surface area contributed by atoms with Crippen molar-refractivity contribution in [1.29, 1.82) is 0 Å². The van der Waals surface area contributed by atoms with Crippen molar-refractivity contribution in [3.8, 4) is 44.5 Å². The van der Waals surface area contributed by atoms with Crippen LogP contribution in [0.15, 0.2) is 233 Å². The second-order valence-corrected chi connectivity index (χ2v) is 15.7. The van der Waals surface area contributed by atoms with E-state index in [1.165, 1.54) is 33.0 Å². The first kappa shape index (κ1) is 34.9. The fourth-order valence-electron chi connectivity index (χ4n) is 8.97. The van der Waals surface area contributed by atoms with Crippen molar-refractivity contribution < 1.29 is 8.83 Å². The number of anilines is 3. The number of rotatable bonds is 7. The molecule has 3 heteroatoms. The number of furan rings is 2. The Morgan fingerprint density at radius 3 is 1.39 bits per heavy atom. The van der Waals surface area contributed by atoms with Gasteiger partial charge in [-0.2, -0.15) is 0 Å². The Labute approximate surface area is 353 Å². The zero-order chi connectivity index (χ0) is 40.3. The van der Waals surface area contributed by atoms with Crippen molar-refractivity contribution in [2.75, 3.05) is 4.90 Å². The molecule has 2 heterocycles. The first-order valence-electron chi connectivity index (χ1n) is 20.7. The molecule has 0 amide bonds. The number of para-hydroxylation sites is 3. The van der Waals surface area contributed by atoms with Gasteiger partial charge in [-0.15, -0.1) is 0 Å². The van der Waals surface area contributed by atoms with Crippen molar-refractivity contribution in [3.63, 3.8) is 0 Å². The summed E-state index contributed by atoms with van der Waals surface area (Å²) in [4.78, 5) is 2.31. The lowest BCUT2D eigenvalue weighted by Crippen LogP contribution is -2.10. The molecule has 0 aliphatic rings. The Hall–Kier alpha value is -8.14. The van der Waals surface area contributed by atoms with Crippen LogP contribution in [0.1, 0.15) is 0 Å². The molecular weight excluding hydrogens is 743 g/mol. The third kappa shape index (κ3) is 6.14. The first-order chi connectivity index (χ1) is 30.2. The average Bonchev–Trinajstić information content (AvgIpc) is 3.91. The summed E-state index contributed by atoms with van der Waals surface area (Å²) in [5.74, 6) is 0. The lowest BCUT2D eigenvalue weighted by molar-refractivity contribution is 0.668. The van der Waals surface area contributed by atoms with Crippen molar-refractivity contribution in [2.45, 2.75) is 0 Å². The van der Waals surface area contributed by atoms with Crippen LogP contribution >= 0.6 is 0 Å². The highest BCUT2D eigenvalue weighted by Crippen LogP contribution is 2.43. The lowest BCUT2D eigenvalue weighted by atomic mass is 9.95. The molecule has 12 aromatic rings. The second-order valence-electron chi connectivity index (χ2n) is 15.7. The van der Waals surface area contributed by atoms with Crippen LogP contribution in [-0.4, -0.2) is 0 Å². The molecule has 0 bridgehead atoms. The molecule has 0 fully saturated rings. The first-order valence-corrected chi connectivity index (χ1v) is 20.7. The van der Waals surface area contributed by atoms with Gasteiger partial charge in [-0.05, 0) is 128 Å². The molecule has 0 aliphatic carbocycles. The SMILES string of the molecule is c1cc(-c2ccc(N(c3ccc(-c4ccc5oc6ccccc6c5c4)cc3)c3cccc4c3oc3ccccc34)cc2)cc(-c2cccc(-c3ccc4ccccc4c3)c2)c1. The van der Waals surface area contributed by atoms with Crippen LogP contribution < -0.4 is 4.90 Å². The van der Waals surface area contributed by atoms with E-state index < -0.39 is 0 Å². The highest BCUT2D eigenvalue weighted by Gasteiger charge is 2.20. The van der Waals surface area contributed by atoms with Gasteiger partial charge in [-0.3, -0.25) is 0 Å². The van der Waals surface area contributed by atoms with Crippen LogP contribution in [0.25, 0.3) is 99.2 Å². The van der Waals surface area contributed by atoms with Gasteiger partial charge in [0.05, 0.1) is 5.69 Å². The van der Waals surface area contributed by atoms with Gasteiger partial charge in [0.2, 0.25) is 0 Å². The number of hydrogen-bond donors (Lipinski definition) is 0. The maximum Gasteiger partial charge on any atom is 0.159 e. The maximum atomic E-state index is 6.62. The van der Waals surface area contributed by atoms with Crippen LogP contribution in [0.3, 0.4) is 0 Å². The Balaban J connectivity index is 0.909. The van der Waals surface area contributed by atoms with Crippen LogP contribution in [0.5, 0.6) is 0 Å². The molecule has 10 aromatic carbocycles. The van der Waals surface area contributed by atoms with Crippen LogP contribution in [0.2, 0.25) is 0 Å². The van der Waals surface area contributed by atoms with Gasteiger partial charge >= 0.3 is 0 Å². The summed E-state index contributed by atoms with van der Waals surface area (Å²) in [5.41, 5.74) is 16.0. The topological polar surface area (TPSA) is 29.5 Å². The third-order valence-corrected chi connectivity index (χ3v) is 12.1. The number of fused-ring (bicyclic) bond motifs is 7. The Morgan fingerprint density at radius 1 is 0.262 bits per heavy atom. The molecule has 0 unspecified atom stereocenters. The summed E-state index contributed by atoms with van der Waals surface area (Å²) < 4.78 is 12.7. The summed E-state index contributed by atoms with van der Waals surface area (Å²) in [6, 6.07) is 80.0. The molecular formula is C58H37NO2. The minimum absolute atomic E-state index is 0.854. The summed E-state index contributed by atoms with van der Waals surface area (Å²) in [6.45, 7) is 0. The van der Waals surface area contributed by atoms with E-state index in [4.69, 9.17) is 8.83 Å². The molecule has 0 aliphatic heterocycles. The normalized spacial score (nSPS) is 11.6. The number of nitrogens with zero attached hydrogens (tertiary/aromatic N) is 1. The van der Waals surface area contributed by atoms with Gasteiger partial charge in [-0.1, -0.05) is 152 Å². The molecule has 0 spiro atoms. The van der Waals surface area contributed by atoms with E-state index in [-0.39, 0.29) is 0 Å². The van der Waals surface area contributed by atoms with Crippen molar-refractivity contribution in [3.05, 3.63) is 224 Å². The van der Waals surface area contributed by atoms with Crippen molar-refractivity contribution in [1.82, 2.24) is 0 Å². The monoisotopic (exact) mass is 779 g/mol. The van der Waals surface area contributed by atoms with Crippen molar-refractivity contribution >= 4 is 71.7 Å². The van der Waals surface area contributed by atoms with E-state index in [1.807, 2.05) is 24.3 Å². The fourth-order valence-corrected chi connectivity index (χ4v) is 8.97. The molecule has 286 valence electrons. The number of hydrogen-bond acceptors (Lipinski definition) is 3. The lowest BCUT2D eigenvalue weighted by Gasteiger charge is -2.26. The predicted octanol–water partition coefficient (Wildman–Crippen LogP) is 16.8. The second kappa shape index (κ2) is 14.3. The summed E-state index contributed by atoms with van der Waals surface area (Å²) in [6.07, 6.45) is 0. The summed E-state index contributed by atoms with van der Waals surface area (Å²) in [5, 5.41) is 6.95. The quantitative estimate of drug-likeness (QED) is 0.161. The zero-order valence-corrected chi connectivity index (χ0v) is 33.1. The van der Waals surface area contributed by atoms with Gasteiger partial charge in [0, 0.05) is 32.9 Å². The molecule has 0 N–H and O–H groups in total. The summed E-state index contributed by atoms with van der Waals surface area (Å²) in [7, 11) is 0. The Bertz CT molecular complexity index is 3590. The molecule has 0 saturated carbocycles. The highest BCUT2D eigenvalue weighted by atomic mass is 16.3. The minimum Gasteiger partial charge on any atom is -0.456 e. The van der Waals surface area contributed by atoms with Gasteiger partial charge < -0.3 is 13.7 Å². The van der Waals surface area contributed by atoms with E-state index in [1.54, 1.807) is 0 Å². The molecule has 3 nitrogen and oxygen atoms in total. The molecule has 61 heavy (non-hydrogen) atoms. The number of benzene rings is 10. The maximum absolute atomic E-state index is 6.62.